The van der Waals surface area contributed by atoms with Gasteiger partial charge in [-0.2, -0.15) is 12.6 Å². The normalized spacial score (nSPS) is 13.7. The molecule has 0 N–H and O–H groups in total. The Kier molecular flexibility index (Phi) is 2.19. The molecule has 0 bridgehead atoms. The van der Waals surface area contributed by atoms with Gasteiger partial charge < -0.3 is 0 Å². The Hall–Kier alpha value is 0.0500. The highest BCUT2D eigenvalue weighted by atomic mass is 32.1. The lowest BCUT2D eigenvalue weighted by Gasteiger charge is -1.95. The van der Waals surface area contributed by atoms with Crippen molar-refractivity contribution in [1.82, 2.24) is 0 Å². The number of thiophene rings is 1. The molecule has 0 unspecified atom stereocenters. The maximum atomic E-state index is 4.31. The van der Waals surface area contributed by atoms with Gasteiger partial charge >= 0.3 is 0 Å². The summed E-state index contributed by atoms with van der Waals surface area (Å²) in [7, 11) is 0. The van der Waals surface area contributed by atoms with Crippen LogP contribution in [0.2, 0.25) is 0 Å². The second kappa shape index (κ2) is 2.76. The van der Waals surface area contributed by atoms with Crippen molar-refractivity contribution in [3.05, 3.63) is 21.9 Å². The second-order valence-electron chi connectivity index (χ2n) is 2.12. The summed E-state index contributed by atoms with van der Waals surface area (Å²) in [5, 5.41) is 0.392. The Balaban J connectivity index is 2.85. The third-order valence-corrected chi connectivity index (χ3v) is 2.81. The Bertz CT molecular complexity index is 189. The number of hydrogen-bond acceptors (Lipinski definition) is 2. The van der Waals surface area contributed by atoms with Crippen molar-refractivity contribution in [1.29, 1.82) is 0 Å². The third-order valence-electron chi connectivity index (χ3n) is 1.17. The van der Waals surface area contributed by atoms with E-state index in [1.165, 1.54) is 9.75 Å². The first-order chi connectivity index (χ1) is 4.20. The zero-order valence-corrected chi connectivity index (χ0v) is 7.30. The van der Waals surface area contributed by atoms with E-state index >= 15 is 0 Å². The molecule has 50 valence electrons. The van der Waals surface area contributed by atoms with E-state index in [1.807, 2.05) is 11.3 Å². The summed E-state index contributed by atoms with van der Waals surface area (Å²) in [4.78, 5) is 2.72. The van der Waals surface area contributed by atoms with E-state index in [2.05, 4.69) is 38.6 Å². The summed E-state index contributed by atoms with van der Waals surface area (Å²) in [6, 6.07) is 4.27. The van der Waals surface area contributed by atoms with Gasteiger partial charge in [0.2, 0.25) is 0 Å². The van der Waals surface area contributed by atoms with Gasteiger partial charge in [0.05, 0.1) is 0 Å². The van der Waals surface area contributed by atoms with Crippen LogP contribution < -0.4 is 0 Å². The predicted octanol–water partition coefficient (Wildman–Crippen LogP) is 3.05. The first kappa shape index (κ1) is 7.16. The average Bonchev–Trinajstić information content (AvgIpc) is 2.14. The van der Waals surface area contributed by atoms with E-state index in [-0.39, 0.29) is 0 Å². The highest BCUT2D eigenvalue weighted by Gasteiger charge is 2.00. The molecule has 1 rings (SSSR count). The van der Waals surface area contributed by atoms with Crippen molar-refractivity contribution in [2.24, 2.45) is 0 Å². The Labute approximate surface area is 65.3 Å². The van der Waals surface area contributed by atoms with E-state index in [1.54, 1.807) is 0 Å². The molecule has 9 heavy (non-hydrogen) atoms. The van der Waals surface area contributed by atoms with Gasteiger partial charge in [0.1, 0.15) is 0 Å². The molecule has 0 saturated heterocycles. The molecule has 0 saturated carbocycles. The zero-order chi connectivity index (χ0) is 6.85. The topological polar surface area (TPSA) is 0 Å². The van der Waals surface area contributed by atoms with Crippen LogP contribution in [-0.4, -0.2) is 0 Å². The van der Waals surface area contributed by atoms with Gasteiger partial charge in [0, 0.05) is 15.0 Å². The molecule has 0 aliphatic carbocycles. The van der Waals surface area contributed by atoms with Crippen LogP contribution >= 0.6 is 24.0 Å². The largest absolute Gasteiger partial charge is 0.171 e. The van der Waals surface area contributed by atoms with Crippen LogP contribution in [0.25, 0.3) is 0 Å². The standard InChI is InChI=1S/C7H10S2/c1-5-3-4-7(9-5)6(2)8/h3-4,6,8H,1-2H3/t6-/m1/s1. The quantitative estimate of drug-likeness (QED) is 0.597. The molecule has 0 fully saturated rings. The van der Waals surface area contributed by atoms with Crippen LogP contribution in [0.3, 0.4) is 0 Å². The van der Waals surface area contributed by atoms with Crippen molar-refractivity contribution >= 4 is 24.0 Å². The van der Waals surface area contributed by atoms with Crippen LogP contribution in [0, 0.1) is 6.92 Å². The molecule has 1 aromatic heterocycles. The Morgan fingerprint density at radius 2 is 2.22 bits per heavy atom. The van der Waals surface area contributed by atoms with Crippen molar-refractivity contribution in [3.8, 4) is 0 Å². The molecule has 0 spiro atoms. The van der Waals surface area contributed by atoms with E-state index in [0.717, 1.165) is 0 Å². The van der Waals surface area contributed by atoms with Crippen LogP contribution in [0.15, 0.2) is 12.1 Å². The zero-order valence-electron chi connectivity index (χ0n) is 5.59. The number of aryl methyl sites for hydroxylation is 1. The minimum Gasteiger partial charge on any atom is -0.171 e. The summed E-state index contributed by atoms with van der Waals surface area (Å²) in [6.45, 7) is 4.21. The lowest BCUT2D eigenvalue weighted by Crippen LogP contribution is -1.72. The van der Waals surface area contributed by atoms with Crippen molar-refractivity contribution in [2.45, 2.75) is 19.1 Å². The Morgan fingerprint density at radius 3 is 2.44 bits per heavy atom. The van der Waals surface area contributed by atoms with E-state index in [4.69, 9.17) is 0 Å². The Morgan fingerprint density at radius 1 is 1.56 bits per heavy atom. The van der Waals surface area contributed by atoms with E-state index in [9.17, 15) is 0 Å². The molecule has 0 radical (unpaired) electrons. The molecule has 2 heteroatoms. The maximum absolute atomic E-state index is 4.31. The van der Waals surface area contributed by atoms with Crippen molar-refractivity contribution < 1.29 is 0 Å². The first-order valence-electron chi connectivity index (χ1n) is 2.94. The predicted molar refractivity (Wildman–Crippen MR) is 46.5 cm³/mol. The fraction of sp³-hybridized carbons (Fsp3) is 0.429. The first-order valence-corrected chi connectivity index (χ1v) is 4.28. The fourth-order valence-electron chi connectivity index (χ4n) is 0.678. The second-order valence-corrected chi connectivity index (χ2v) is 4.22. The van der Waals surface area contributed by atoms with Crippen LogP contribution in [-0.2, 0) is 0 Å². The summed E-state index contributed by atoms with van der Waals surface area (Å²) in [6.07, 6.45) is 0. The minimum atomic E-state index is 0.392. The fourth-order valence-corrected chi connectivity index (χ4v) is 1.74. The maximum Gasteiger partial charge on any atom is 0.0332 e. The molecule has 1 heterocycles. The van der Waals surface area contributed by atoms with Gasteiger partial charge in [0.25, 0.3) is 0 Å². The van der Waals surface area contributed by atoms with E-state index < -0.39 is 0 Å². The molecular formula is C7H10S2. The van der Waals surface area contributed by atoms with Crippen LogP contribution in [0.1, 0.15) is 21.9 Å². The lowest BCUT2D eigenvalue weighted by atomic mass is 10.4. The minimum absolute atomic E-state index is 0.392. The SMILES string of the molecule is Cc1ccc([C@@H](C)S)s1. The summed E-state index contributed by atoms with van der Waals surface area (Å²) in [5.41, 5.74) is 0. The molecule has 0 aliphatic heterocycles. The molecule has 0 amide bonds. The van der Waals surface area contributed by atoms with Crippen molar-refractivity contribution in [3.63, 3.8) is 0 Å². The van der Waals surface area contributed by atoms with Gasteiger partial charge in [-0.05, 0) is 26.0 Å². The highest BCUT2D eigenvalue weighted by Crippen LogP contribution is 2.25. The molecule has 0 nitrogen and oxygen atoms in total. The number of rotatable bonds is 1. The van der Waals surface area contributed by atoms with Crippen LogP contribution in [0.5, 0.6) is 0 Å². The van der Waals surface area contributed by atoms with Gasteiger partial charge in [-0.15, -0.1) is 11.3 Å². The monoisotopic (exact) mass is 158 g/mol. The molecule has 1 atom stereocenters. The highest BCUT2D eigenvalue weighted by molar-refractivity contribution is 7.80. The molecular weight excluding hydrogens is 148 g/mol. The van der Waals surface area contributed by atoms with Gasteiger partial charge in [0.15, 0.2) is 0 Å². The summed E-state index contributed by atoms with van der Waals surface area (Å²) >= 11 is 6.13. The molecule has 0 aliphatic rings. The van der Waals surface area contributed by atoms with Crippen LogP contribution in [0.4, 0.5) is 0 Å². The lowest BCUT2D eigenvalue weighted by molar-refractivity contribution is 1.15. The molecule has 1 aromatic rings. The van der Waals surface area contributed by atoms with E-state index in [0.29, 0.717) is 5.25 Å². The average molecular weight is 158 g/mol. The smallest absolute Gasteiger partial charge is 0.0332 e. The summed E-state index contributed by atoms with van der Waals surface area (Å²) in [5.74, 6) is 0. The van der Waals surface area contributed by atoms with Gasteiger partial charge in [-0.25, -0.2) is 0 Å². The van der Waals surface area contributed by atoms with Gasteiger partial charge in [-0.3, -0.25) is 0 Å². The summed E-state index contributed by atoms with van der Waals surface area (Å²) < 4.78 is 0. The third kappa shape index (κ3) is 1.73. The number of thiol groups is 1. The molecule has 0 aromatic carbocycles. The van der Waals surface area contributed by atoms with Crippen molar-refractivity contribution in [2.75, 3.05) is 0 Å². The number of hydrogen-bond donors (Lipinski definition) is 1. The van der Waals surface area contributed by atoms with Gasteiger partial charge in [-0.1, -0.05) is 0 Å².